The standard InChI is InChI=1S/C13H15N3O/c1-9-11(10-3-2-6-14-7-10)16-12(15-9)13(8-17)4-5-13/h2-3,6-7,17H,4-5,8H2,1H3,(H,15,16). The van der Waals surface area contributed by atoms with Crippen LogP contribution in [0.4, 0.5) is 0 Å². The molecule has 1 aliphatic carbocycles. The van der Waals surface area contributed by atoms with Gasteiger partial charge in [0.15, 0.2) is 0 Å². The van der Waals surface area contributed by atoms with Gasteiger partial charge < -0.3 is 10.1 Å². The minimum atomic E-state index is -0.106. The van der Waals surface area contributed by atoms with Crippen LogP contribution in [0.25, 0.3) is 11.3 Å². The predicted molar refractivity (Wildman–Crippen MR) is 64.6 cm³/mol. The van der Waals surface area contributed by atoms with E-state index in [4.69, 9.17) is 0 Å². The summed E-state index contributed by atoms with van der Waals surface area (Å²) in [6.07, 6.45) is 5.60. The van der Waals surface area contributed by atoms with E-state index in [-0.39, 0.29) is 12.0 Å². The van der Waals surface area contributed by atoms with Gasteiger partial charge in [0.1, 0.15) is 5.82 Å². The lowest BCUT2D eigenvalue weighted by Gasteiger charge is -2.06. The number of hydrogen-bond acceptors (Lipinski definition) is 3. The number of imidazole rings is 1. The zero-order chi connectivity index (χ0) is 11.9. The average Bonchev–Trinajstić information content (AvgIpc) is 3.08. The molecule has 0 atom stereocenters. The van der Waals surface area contributed by atoms with Gasteiger partial charge in [0.05, 0.1) is 17.7 Å². The van der Waals surface area contributed by atoms with Gasteiger partial charge >= 0.3 is 0 Å². The molecule has 1 fully saturated rings. The van der Waals surface area contributed by atoms with Crippen molar-refractivity contribution in [3.63, 3.8) is 0 Å². The number of aliphatic hydroxyl groups excluding tert-OH is 1. The van der Waals surface area contributed by atoms with Crippen molar-refractivity contribution in [2.45, 2.75) is 25.2 Å². The molecule has 1 aliphatic rings. The number of aromatic amines is 1. The fourth-order valence-electron chi connectivity index (χ4n) is 2.12. The summed E-state index contributed by atoms with van der Waals surface area (Å²) < 4.78 is 0. The number of rotatable bonds is 3. The maximum atomic E-state index is 9.41. The van der Waals surface area contributed by atoms with Gasteiger partial charge in [-0.25, -0.2) is 4.98 Å². The first-order valence-electron chi connectivity index (χ1n) is 5.83. The molecule has 0 unspecified atom stereocenters. The Labute approximate surface area is 99.8 Å². The van der Waals surface area contributed by atoms with Gasteiger partial charge in [-0.05, 0) is 31.9 Å². The van der Waals surface area contributed by atoms with E-state index in [0.717, 1.165) is 35.6 Å². The Morgan fingerprint density at radius 2 is 2.29 bits per heavy atom. The largest absolute Gasteiger partial charge is 0.395 e. The van der Waals surface area contributed by atoms with Gasteiger partial charge in [-0.3, -0.25) is 4.98 Å². The smallest absolute Gasteiger partial charge is 0.115 e. The van der Waals surface area contributed by atoms with Gasteiger partial charge in [0.25, 0.3) is 0 Å². The van der Waals surface area contributed by atoms with Crippen molar-refractivity contribution in [3.05, 3.63) is 36.0 Å². The molecule has 4 nitrogen and oxygen atoms in total. The van der Waals surface area contributed by atoms with Crippen molar-refractivity contribution in [1.82, 2.24) is 15.0 Å². The SMILES string of the molecule is Cc1[nH]c(C2(CO)CC2)nc1-c1cccnc1. The minimum absolute atomic E-state index is 0.106. The number of nitrogens with zero attached hydrogens (tertiary/aromatic N) is 2. The summed E-state index contributed by atoms with van der Waals surface area (Å²) in [5.74, 6) is 0.913. The zero-order valence-corrected chi connectivity index (χ0v) is 9.77. The molecule has 2 aromatic heterocycles. The van der Waals surface area contributed by atoms with E-state index in [2.05, 4.69) is 15.0 Å². The Kier molecular flexibility index (Phi) is 2.26. The van der Waals surface area contributed by atoms with Crippen LogP contribution in [-0.2, 0) is 5.41 Å². The van der Waals surface area contributed by atoms with Gasteiger partial charge in [0.2, 0.25) is 0 Å². The molecule has 17 heavy (non-hydrogen) atoms. The van der Waals surface area contributed by atoms with E-state index in [1.165, 1.54) is 0 Å². The van der Waals surface area contributed by atoms with E-state index < -0.39 is 0 Å². The maximum absolute atomic E-state index is 9.41. The summed E-state index contributed by atoms with van der Waals surface area (Å²) >= 11 is 0. The lowest BCUT2D eigenvalue weighted by atomic mass is 10.1. The molecule has 0 spiro atoms. The fraction of sp³-hybridized carbons (Fsp3) is 0.385. The maximum Gasteiger partial charge on any atom is 0.115 e. The van der Waals surface area contributed by atoms with Crippen LogP contribution in [0.5, 0.6) is 0 Å². The molecule has 2 N–H and O–H groups in total. The van der Waals surface area contributed by atoms with Gasteiger partial charge in [-0.15, -0.1) is 0 Å². The Balaban J connectivity index is 2.03. The molecule has 0 amide bonds. The third-order valence-electron chi connectivity index (χ3n) is 3.48. The quantitative estimate of drug-likeness (QED) is 0.843. The third kappa shape index (κ3) is 1.65. The molecule has 1 saturated carbocycles. The van der Waals surface area contributed by atoms with Gasteiger partial charge in [0, 0.05) is 23.7 Å². The molecule has 88 valence electrons. The lowest BCUT2D eigenvalue weighted by Crippen LogP contribution is -2.13. The van der Waals surface area contributed by atoms with Crippen LogP contribution in [0.1, 0.15) is 24.4 Å². The number of hydrogen-bond donors (Lipinski definition) is 2. The van der Waals surface area contributed by atoms with Crippen LogP contribution in [0, 0.1) is 6.92 Å². The number of pyridine rings is 1. The van der Waals surface area contributed by atoms with Crippen molar-refractivity contribution in [1.29, 1.82) is 0 Å². The van der Waals surface area contributed by atoms with Crippen LogP contribution in [0.3, 0.4) is 0 Å². The highest BCUT2D eigenvalue weighted by Gasteiger charge is 2.46. The van der Waals surface area contributed by atoms with Crippen LogP contribution in [0.2, 0.25) is 0 Å². The molecule has 0 aromatic carbocycles. The zero-order valence-electron chi connectivity index (χ0n) is 9.77. The number of H-pyrrole nitrogens is 1. The molecule has 0 bridgehead atoms. The van der Waals surface area contributed by atoms with Crippen molar-refractivity contribution >= 4 is 0 Å². The van der Waals surface area contributed by atoms with E-state index in [1.807, 2.05) is 25.3 Å². The summed E-state index contributed by atoms with van der Waals surface area (Å²) in [6, 6.07) is 3.90. The Hall–Kier alpha value is -1.68. The van der Waals surface area contributed by atoms with Crippen molar-refractivity contribution in [3.8, 4) is 11.3 Å². The number of aliphatic hydroxyl groups is 1. The summed E-state index contributed by atoms with van der Waals surface area (Å²) in [4.78, 5) is 12.0. The van der Waals surface area contributed by atoms with E-state index in [9.17, 15) is 5.11 Å². The lowest BCUT2D eigenvalue weighted by molar-refractivity contribution is 0.250. The number of aryl methyl sites for hydroxylation is 1. The molecule has 0 aliphatic heterocycles. The summed E-state index contributed by atoms with van der Waals surface area (Å²) in [5.41, 5.74) is 2.88. The fourth-order valence-corrected chi connectivity index (χ4v) is 2.12. The summed E-state index contributed by atoms with van der Waals surface area (Å²) in [5, 5.41) is 9.41. The normalized spacial score (nSPS) is 17.1. The molecule has 4 heteroatoms. The van der Waals surface area contributed by atoms with Gasteiger partial charge in [-0.2, -0.15) is 0 Å². The van der Waals surface area contributed by atoms with Crippen LogP contribution in [-0.4, -0.2) is 26.7 Å². The monoisotopic (exact) mass is 229 g/mol. The van der Waals surface area contributed by atoms with E-state index in [1.54, 1.807) is 6.20 Å². The molecule has 3 rings (SSSR count). The third-order valence-corrected chi connectivity index (χ3v) is 3.48. The predicted octanol–water partition coefficient (Wildman–Crippen LogP) is 1.80. The van der Waals surface area contributed by atoms with Crippen molar-refractivity contribution in [2.75, 3.05) is 6.61 Å². The minimum Gasteiger partial charge on any atom is -0.395 e. The molecule has 2 heterocycles. The first-order chi connectivity index (χ1) is 8.25. The molecule has 2 aromatic rings. The van der Waals surface area contributed by atoms with Crippen LogP contribution in [0.15, 0.2) is 24.5 Å². The number of aromatic nitrogens is 3. The van der Waals surface area contributed by atoms with Crippen LogP contribution < -0.4 is 0 Å². The highest BCUT2D eigenvalue weighted by Crippen LogP contribution is 2.46. The Bertz CT molecular complexity index is 529. The molecule has 0 radical (unpaired) electrons. The second-order valence-electron chi connectivity index (χ2n) is 4.74. The van der Waals surface area contributed by atoms with E-state index >= 15 is 0 Å². The van der Waals surface area contributed by atoms with Crippen molar-refractivity contribution < 1.29 is 5.11 Å². The first kappa shape index (κ1) is 10.5. The second-order valence-corrected chi connectivity index (χ2v) is 4.74. The molecular formula is C13H15N3O. The molecular weight excluding hydrogens is 214 g/mol. The first-order valence-corrected chi connectivity index (χ1v) is 5.83. The molecule has 0 saturated heterocycles. The average molecular weight is 229 g/mol. The number of nitrogens with one attached hydrogen (secondary N) is 1. The Morgan fingerprint density at radius 3 is 2.88 bits per heavy atom. The summed E-state index contributed by atoms with van der Waals surface area (Å²) in [7, 11) is 0. The highest BCUT2D eigenvalue weighted by molar-refractivity contribution is 5.61. The highest BCUT2D eigenvalue weighted by atomic mass is 16.3. The summed E-state index contributed by atoms with van der Waals surface area (Å²) in [6.45, 7) is 2.18. The van der Waals surface area contributed by atoms with Gasteiger partial charge in [-0.1, -0.05) is 0 Å². The topological polar surface area (TPSA) is 61.8 Å². The van der Waals surface area contributed by atoms with Crippen LogP contribution >= 0.6 is 0 Å². The second kappa shape index (κ2) is 3.67. The van der Waals surface area contributed by atoms with E-state index in [0.29, 0.717) is 0 Å². The van der Waals surface area contributed by atoms with Crippen molar-refractivity contribution in [2.24, 2.45) is 0 Å². The Morgan fingerprint density at radius 1 is 1.47 bits per heavy atom.